The van der Waals surface area contributed by atoms with Crippen LogP contribution in [0, 0.1) is 0 Å². The van der Waals surface area contributed by atoms with E-state index < -0.39 is 0 Å². The predicted molar refractivity (Wildman–Crippen MR) is 86.2 cm³/mol. The SMILES string of the molecule is CC(C)NCc1ccc(COCc2cccc(Cl)c2)s1. The Balaban J connectivity index is 1.77. The molecule has 0 atom stereocenters. The molecule has 0 amide bonds. The largest absolute Gasteiger partial charge is 0.371 e. The first-order valence-corrected chi connectivity index (χ1v) is 7.96. The molecule has 1 aromatic heterocycles. The third-order valence-corrected chi connectivity index (χ3v) is 4.10. The lowest BCUT2D eigenvalue weighted by atomic mass is 10.2. The fourth-order valence-corrected chi connectivity index (χ4v) is 2.92. The van der Waals surface area contributed by atoms with Crippen molar-refractivity contribution < 1.29 is 4.74 Å². The summed E-state index contributed by atoms with van der Waals surface area (Å²) in [4.78, 5) is 2.60. The maximum absolute atomic E-state index is 5.94. The first kappa shape index (κ1) is 15.5. The molecule has 0 aliphatic rings. The standard InChI is InChI=1S/C16H20ClNOS/c1-12(2)18-9-15-6-7-16(20-15)11-19-10-13-4-3-5-14(17)8-13/h3-8,12,18H,9-11H2,1-2H3. The van der Waals surface area contributed by atoms with Crippen LogP contribution in [0.2, 0.25) is 5.02 Å². The Morgan fingerprint density at radius 1 is 1.15 bits per heavy atom. The van der Waals surface area contributed by atoms with Gasteiger partial charge in [0.05, 0.1) is 13.2 Å². The van der Waals surface area contributed by atoms with E-state index in [-0.39, 0.29) is 0 Å². The van der Waals surface area contributed by atoms with Gasteiger partial charge in [0.2, 0.25) is 0 Å². The minimum absolute atomic E-state index is 0.514. The summed E-state index contributed by atoms with van der Waals surface area (Å²) in [5.74, 6) is 0. The van der Waals surface area contributed by atoms with Crippen LogP contribution in [0.25, 0.3) is 0 Å². The van der Waals surface area contributed by atoms with Gasteiger partial charge in [0.25, 0.3) is 0 Å². The molecule has 1 heterocycles. The van der Waals surface area contributed by atoms with Crippen LogP contribution in [0.4, 0.5) is 0 Å². The van der Waals surface area contributed by atoms with Gasteiger partial charge in [-0.05, 0) is 29.8 Å². The highest BCUT2D eigenvalue weighted by molar-refractivity contribution is 7.11. The zero-order chi connectivity index (χ0) is 14.4. The topological polar surface area (TPSA) is 21.3 Å². The first-order valence-electron chi connectivity index (χ1n) is 6.76. The molecule has 0 spiro atoms. The lowest BCUT2D eigenvalue weighted by Gasteiger charge is -2.05. The van der Waals surface area contributed by atoms with Gasteiger partial charge in [-0.2, -0.15) is 0 Å². The van der Waals surface area contributed by atoms with Crippen molar-refractivity contribution in [3.63, 3.8) is 0 Å². The van der Waals surface area contributed by atoms with E-state index in [0.717, 1.165) is 17.1 Å². The molecule has 0 saturated carbocycles. The van der Waals surface area contributed by atoms with Gasteiger partial charge in [0, 0.05) is 27.4 Å². The molecular formula is C16H20ClNOS. The molecule has 108 valence electrons. The summed E-state index contributed by atoms with van der Waals surface area (Å²) in [6.45, 7) is 6.48. The molecule has 2 aromatic rings. The van der Waals surface area contributed by atoms with Crippen LogP contribution in [0.5, 0.6) is 0 Å². The summed E-state index contributed by atoms with van der Waals surface area (Å²) >= 11 is 7.74. The van der Waals surface area contributed by atoms with E-state index >= 15 is 0 Å². The zero-order valence-corrected chi connectivity index (χ0v) is 13.4. The molecule has 2 rings (SSSR count). The van der Waals surface area contributed by atoms with Crippen LogP contribution in [-0.4, -0.2) is 6.04 Å². The highest BCUT2D eigenvalue weighted by Gasteiger charge is 2.02. The first-order chi connectivity index (χ1) is 9.63. The van der Waals surface area contributed by atoms with E-state index in [2.05, 4.69) is 31.3 Å². The summed E-state index contributed by atoms with van der Waals surface area (Å²) in [6.07, 6.45) is 0. The van der Waals surface area contributed by atoms with Crippen LogP contribution < -0.4 is 5.32 Å². The average molecular weight is 310 g/mol. The highest BCUT2D eigenvalue weighted by atomic mass is 35.5. The Morgan fingerprint density at radius 3 is 2.70 bits per heavy atom. The maximum Gasteiger partial charge on any atom is 0.0814 e. The molecule has 0 bridgehead atoms. The van der Waals surface area contributed by atoms with Gasteiger partial charge in [0.15, 0.2) is 0 Å². The Bertz CT molecular complexity index is 539. The van der Waals surface area contributed by atoms with Crippen molar-refractivity contribution >= 4 is 22.9 Å². The number of rotatable bonds is 7. The molecule has 0 aliphatic carbocycles. The molecule has 0 aliphatic heterocycles. The molecule has 0 unspecified atom stereocenters. The Labute approximate surface area is 129 Å². The number of ether oxygens (including phenoxy) is 1. The Hall–Kier alpha value is -0.870. The number of halogens is 1. The zero-order valence-electron chi connectivity index (χ0n) is 11.9. The number of hydrogen-bond acceptors (Lipinski definition) is 3. The van der Waals surface area contributed by atoms with Gasteiger partial charge in [-0.25, -0.2) is 0 Å². The van der Waals surface area contributed by atoms with Gasteiger partial charge in [-0.15, -0.1) is 11.3 Å². The van der Waals surface area contributed by atoms with Crippen LogP contribution >= 0.6 is 22.9 Å². The summed E-state index contributed by atoms with van der Waals surface area (Å²) in [6, 6.07) is 12.6. The summed E-state index contributed by atoms with van der Waals surface area (Å²) in [5, 5.41) is 4.17. The number of thiophene rings is 1. The third-order valence-electron chi connectivity index (χ3n) is 2.80. The van der Waals surface area contributed by atoms with Crippen LogP contribution in [0.15, 0.2) is 36.4 Å². The van der Waals surface area contributed by atoms with Crippen molar-refractivity contribution in [2.75, 3.05) is 0 Å². The summed E-state index contributed by atoms with van der Waals surface area (Å²) in [5.41, 5.74) is 1.11. The summed E-state index contributed by atoms with van der Waals surface area (Å²) < 4.78 is 5.73. The lowest BCUT2D eigenvalue weighted by Crippen LogP contribution is -2.21. The van der Waals surface area contributed by atoms with Gasteiger partial charge < -0.3 is 10.1 Å². The van der Waals surface area contributed by atoms with Crippen LogP contribution in [0.1, 0.15) is 29.2 Å². The number of benzene rings is 1. The van der Waals surface area contributed by atoms with E-state index in [1.165, 1.54) is 9.75 Å². The van der Waals surface area contributed by atoms with Gasteiger partial charge in [0.1, 0.15) is 0 Å². The van der Waals surface area contributed by atoms with Crippen molar-refractivity contribution in [1.29, 1.82) is 0 Å². The van der Waals surface area contributed by atoms with Crippen molar-refractivity contribution in [2.45, 2.75) is 39.6 Å². The van der Waals surface area contributed by atoms with E-state index in [0.29, 0.717) is 19.3 Å². The smallest absolute Gasteiger partial charge is 0.0814 e. The molecule has 2 nitrogen and oxygen atoms in total. The molecule has 4 heteroatoms. The molecule has 20 heavy (non-hydrogen) atoms. The van der Waals surface area contributed by atoms with Gasteiger partial charge in [-0.3, -0.25) is 0 Å². The summed E-state index contributed by atoms with van der Waals surface area (Å²) in [7, 11) is 0. The molecule has 0 fully saturated rings. The monoisotopic (exact) mass is 309 g/mol. The predicted octanol–water partition coefficient (Wildman–Crippen LogP) is 4.62. The minimum Gasteiger partial charge on any atom is -0.371 e. The van der Waals surface area contributed by atoms with Crippen LogP contribution in [-0.2, 0) is 24.5 Å². The molecule has 0 radical (unpaired) electrons. The molecule has 1 aromatic carbocycles. The quantitative estimate of drug-likeness (QED) is 0.806. The second kappa shape index (κ2) is 7.79. The number of nitrogens with one attached hydrogen (secondary N) is 1. The third kappa shape index (κ3) is 5.25. The maximum atomic E-state index is 5.94. The van der Waals surface area contributed by atoms with Crippen molar-refractivity contribution in [3.05, 3.63) is 56.7 Å². The Kier molecular flexibility index (Phi) is 6.05. The minimum atomic E-state index is 0.514. The Morgan fingerprint density at radius 2 is 1.95 bits per heavy atom. The van der Waals surface area contributed by atoms with Crippen molar-refractivity contribution in [1.82, 2.24) is 5.32 Å². The molecule has 1 N–H and O–H groups in total. The fourth-order valence-electron chi connectivity index (χ4n) is 1.80. The second-order valence-corrected chi connectivity index (χ2v) is 6.72. The van der Waals surface area contributed by atoms with E-state index in [1.54, 1.807) is 11.3 Å². The van der Waals surface area contributed by atoms with E-state index in [4.69, 9.17) is 16.3 Å². The average Bonchev–Trinajstić information content (AvgIpc) is 2.84. The van der Waals surface area contributed by atoms with Gasteiger partial charge >= 0.3 is 0 Å². The second-order valence-electron chi connectivity index (χ2n) is 5.03. The molecule has 0 saturated heterocycles. The van der Waals surface area contributed by atoms with Gasteiger partial charge in [-0.1, -0.05) is 37.6 Å². The number of hydrogen-bond donors (Lipinski definition) is 1. The van der Waals surface area contributed by atoms with Crippen molar-refractivity contribution in [3.8, 4) is 0 Å². The fraction of sp³-hybridized carbons (Fsp3) is 0.375. The normalized spacial score (nSPS) is 11.2. The highest BCUT2D eigenvalue weighted by Crippen LogP contribution is 2.18. The van der Waals surface area contributed by atoms with E-state index in [9.17, 15) is 0 Å². The van der Waals surface area contributed by atoms with E-state index in [1.807, 2.05) is 24.3 Å². The van der Waals surface area contributed by atoms with Crippen LogP contribution in [0.3, 0.4) is 0 Å². The molecular weight excluding hydrogens is 290 g/mol. The lowest BCUT2D eigenvalue weighted by molar-refractivity contribution is 0.109. The van der Waals surface area contributed by atoms with Crippen molar-refractivity contribution in [2.24, 2.45) is 0 Å².